The van der Waals surface area contributed by atoms with Gasteiger partial charge in [0.25, 0.3) is 0 Å². The van der Waals surface area contributed by atoms with Gasteiger partial charge in [-0.1, -0.05) is 12.1 Å². The zero-order valence-electron chi connectivity index (χ0n) is 20.9. The maximum Gasteiger partial charge on any atom is 0.118 e. The summed E-state index contributed by atoms with van der Waals surface area (Å²) in [4.78, 5) is 4.84. The van der Waals surface area contributed by atoms with Gasteiger partial charge in [0, 0.05) is 69.7 Å². The fourth-order valence-electron chi connectivity index (χ4n) is 5.71. The van der Waals surface area contributed by atoms with E-state index < -0.39 is 0 Å². The lowest BCUT2D eigenvalue weighted by Gasteiger charge is -2.50. The molecule has 34 heavy (non-hydrogen) atoms. The van der Waals surface area contributed by atoms with Crippen LogP contribution in [0.4, 0.5) is 5.69 Å². The lowest BCUT2D eigenvalue weighted by Crippen LogP contribution is -2.55. The molecule has 3 aromatic rings. The van der Waals surface area contributed by atoms with E-state index in [0.29, 0.717) is 12.0 Å². The largest absolute Gasteiger partial charge is 0.497 e. The van der Waals surface area contributed by atoms with Crippen molar-refractivity contribution in [2.24, 2.45) is 13.0 Å². The first-order valence-corrected chi connectivity index (χ1v) is 12.4. The first-order valence-electron chi connectivity index (χ1n) is 12.4. The quantitative estimate of drug-likeness (QED) is 0.549. The van der Waals surface area contributed by atoms with Gasteiger partial charge in [-0.15, -0.1) is 0 Å². The molecule has 2 aromatic carbocycles. The van der Waals surface area contributed by atoms with Gasteiger partial charge in [-0.25, -0.2) is 0 Å². The summed E-state index contributed by atoms with van der Waals surface area (Å²) in [5, 5.41) is 8.58. The van der Waals surface area contributed by atoms with Crippen LogP contribution in [-0.4, -0.2) is 61.6 Å². The molecular weight excluding hydrogens is 422 g/mol. The minimum absolute atomic E-state index is 0.563. The number of benzene rings is 2. The Kier molecular flexibility index (Phi) is 6.61. The van der Waals surface area contributed by atoms with Gasteiger partial charge in [0.2, 0.25) is 0 Å². The third kappa shape index (κ3) is 4.70. The molecule has 0 aliphatic carbocycles. The van der Waals surface area contributed by atoms with Gasteiger partial charge in [0.05, 0.1) is 12.8 Å². The number of fused-ring (bicyclic) bond motifs is 3. The van der Waals surface area contributed by atoms with Crippen molar-refractivity contribution in [2.45, 2.75) is 31.3 Å². The first-order chi connectivity index (χ1) is 16.5. The number of hydrogen-bond acceptors (Lipinski definition) is 5. The van der Waals surface area contributed by atoms with Gasteiger partial charge in [0.1, 0.15) is 5.75 Å². The van der Waals surface area contributed by atoms with Crippen LogP contribution in [0.2, 0.25) is 0 Å². The van der Waals surface area contributed by atoms with Crippen molar-refractivity contribution < 1.29 is 4.74 Å². The van der Waals surface area contributed by atoms with Gasteiger partial charge in [-0.2, -0.15) is 5.10 Å². The van der Waals surface area contributed by atoms with E-state index in [-0.39, 0.29) is 0 Å². The monoisotopic (exact) mass is 459 g/mol. The molecule has 0 amide bonds. The molecule has 6 heteroatoms. The minimum atomic E-state index is 0.563. The van der Waals surface area contributed by atoms with Crippen LogP contribution in [-0.2, 0) is 13.6 Å². The molecule has 0 radical (unpaired) electrons. The number of ether oxygens (including phenoxy) is 1. The summed E-state index contributed by atoms with van der Waals surface area (Å²) in [6, 6.07) is 20.0. The second-order valence-electron chi connectivity index (χ2n) is 10.0. The van der Waals surface area contributed by atoms with Crippen LogP contribution in [0.25, 0.3) is 11.3 Å². The van der Waals surface area contributed by atoms with Crippen LogP contribution < -0.4 is 15.0 Å². The van der Waals surface area contributed by atoms with E-state index in [1.165, 1.54) is 36.3 Å². The number of methoxy groups -OCH3 is 1. The summed E-state index contributed by atoms with van der Waals surface area (Å²) in [7, 11) is 7.96. The molecule has 6 rings (SSSR count). The summed E-state index contributed by atoms with van der Waals surface area (Å²) >= 11 is 0. The number of nitrogens with zero attached hydrogens (tertiary/aromatic N) is 4. The number of aryl methyl sites for hydroxylation is 1. The molecule has 0 saturated carbocycles. The third-order valence-electron chi connectivity index (χ3n) is 7.72. The number of anilines is 1. The number of hydrogen-bond donors (Lipinski definition) is 1. The fourth-order valence-corrected chi connectivity index (χ4v) is 5.71. The Morgan fingerprint density at radius 1 is 1.09 bits per heavy atom. The Bertz CT molecular complexity index is 1090. The average Bonchev–Trinajstić information content (AvgIpc) is 3.26. The molecule has 3 aliphatic rings. The highest BCUT2D eigenvalue weighted by atomic mass is 16.5. The van der Waals surface area contributed by atoms with Gasteiger partial charge in [0.15, 0.2) is 0 Å². The predicted molar refractivity (Wildman–Crippen MR) is 138 cm³/mol. The molecule has 4 unspecified atom stereocenters. The highest BCUT2D eigenvalue weighted by Crippen LogP contribution is 2.42. The predicted octanol–water partition coefficient (Wildman–Crippen LogP) is 4.13. The maximum atomic E-state index is 5.30. The summed E-state index contributed by atoms with van der Waals surface area (Å²) in [6.45, 7) is 4.34. The Morgan fingerprint density at radius 3 is 2.50 bits per heavy atom. The van der Waals surface area contributed by atoms with Crippen LogP contribution in [0.5, 0.6) is 5.75 Å². The maximum absolute atomic E-state index is 5.30. The number of piperidine rings is 3. The lowest BCUT2D eigenvalue weighted by atomic mass is 9.74. The molecule has 3 aliphatic heterocycles. The van der Waals surface area contributed by atoms with Crippen LogP contribution >= 0.6 is 0 Å². The Balaban J connectivity index is 1.19. The highest BCUT2D eigenvalue weighted by molar-refractivity contribution is 5.60. The SMILES string of the molecule is COc1ccc(-c2cc(C3CN4CCC3CC4CNCc3ccc(N(C)C)cc3)n(C)n2)cc1. The van der Waals surface area contributed by atoms with Crippen molar-refractivity contribution in [1.29, 1.82) is 0 Å². The fraction of sp³-hybridized carbons (Fsp3) is 0.464. The van der Waals surface area contributed by atoms with Crippen molar-refractivity contribution in [2.75, 3.05) is 45.7 Å². The third-order valence-corrected chi connectivity index (χ3v) is 7.72. The lowest BCUT2D eigenvalue weighted by molar-refractivity contribution is 0.0282. The van der Waals surface area contributed by atoms with Crippen molar-refractivity contribution >= 4 is 5.69 Å². The van der Waals surface area contributed by atoms with Crippen LogP contribution in [0, 0.1) is 5.92 Å². The van der Waals surface area contributed by atoms with Crippen LogP contribution in [0.1, 0.15) is 30.0 Å². The van der Waals surface area contributed by atoms with Gasteiger partial charge < -0.3 is 15.0 Å². The molecule has 4 heterocycles. The molecule has 3 saturated heterocycles. The minimum Gasteiger partial charge on any atom is -0.497 e. The van der Waals surface area contributed by atoms with Crippen molar-refractivity contribution in [3.8, 4) is 17.0 Å². The standard InChI is InChI=1S/C28H37N5O/c1-31(2)23-9-5-20(6-10-23)17-29-18-24-15-22-13-14-33(24)19-26(22)28-16-27(30-32(28)3)21-7-11-25(34-4)12-8-21/h5-12,16,22,24,26,29H,13-15,17-19H2,1-4H3. The van der Waals surface area contributed by atoms with Gasteiger partial charge in [-0.3, -0.25) is 9.58 Å². The molecule has 4 atom stereocenters. The number of rotatable bonds is 8. The van der Waals surface area contributed by atoms with E-state index in [0.717, 1.165) is 42.6 Å². The van der Waals surface area contributed by atoms with Gasteiger partial charge in [-0.05, 0) is 73.3 Å². The van der Waals surface area contributed by atoms with E-state index in [2.05, 4.69) is 83.4 Å². The summed E-state index contributed by atoms with van der Waals surface area (Å²) in [5.41, 5.74) is 6.16. The van der Waals surface area contributed by atoms with Crippen molar-refractivity contribution in [3.05, 3.63) is 65.9 Å². The Morgan fingerprint density at radius 2 is 1.85 bits per heavy atom. The first kappa shape index (κ1) is 22.9. The summed E-state index contributed by atoms with van der Waals surface area (Å²) in [5.74, 6) is 2.17. The number of nitrogens with one attached hydrogen (secondary N) is 1. The average molecular weight is 460 g/mol. The van der Waals surface area contributed by atoms with E-state index in [9.17, 15) is 0 Å². The molecule has 3 fully saturated rings. The molecule has 6 nitrogen and oxygen atoms in total. The molecule has 0 spiro atoms. The topological polar surface area (TPSA) is 45.6 Å². The smallest absolute Gasteiger partial charge is 0.118 e. The molecule has 180 valence electrons. The van der Waals surface area contributed by atoms with Crippen molar-refractivity contribution in [3.63, 3.8) is 0 Å². The summed E-state index contributed by atoms with van der Waals surface area (Å²) < 4.78 is 7.41. The summed E-state index contributed by atoms with van der Waals surface area (Å²) in [6.07, 6.45) is 2.55. The number of aromatic nitrogens is 2. The molecular formula is C28H37N5O. The second kappa shape index (κ2) is 9.80. The normalized spacial score (nSPS) is 23.8. The molecule has 1 N–H and O–H groups in total. The van der Waals surface area contributed by atoms with Crippen LogP contribution in [0.15, 0.2) is 54.6 Å². The zero-order valence-corrected chi connectivity index (χ0v) is 20.9. The zero-order chi connectivity index (χ0) is 23.7. The van der Waals surface area contributed by atoms with Crippen LogP contribution in [0.3, 0.4) is 0 Å². The van der Waals surface area contributed by atoms with E-state index in [1.54, 1.807) is 7.11 Å². The Hall–Kier alpha value is -2.83. The molecule has 2 bridgehead atoms. The van der Waals surface area contributed by atoms with Crippen molar-refractivity contribution in [1.82, 2.24) is 20.0 Å². The molecule has 1 aromatic heterocycles. The van der Waals surface area contributed by atoms with E-state index >= 15 is 0 Å². The van der Waals surface area contributed by atoms with Gasteiger partial charge >= 0.3 is 0 Å². The second-order valence-corrected chi connectivity index (χ2v) is 10.0. The van der Waals surface area contributed by atoms with E-state index in [1.807, 2.05) is 12.1 Å². The van der Waals surface area contributed by atoms with E-state index in [4.69, 9.17) is 9.84 Å². The Labute approximate surface area is 203 Å². The highest BCUT2D eigenvalue weighted by Gasteiger charge is 2.41.